The van der Waals surface area contributed by atoms with Crippen molar-refractivity contribution in [1.82, 2.24) is 10.2 Å². The van der Waals surface area contributed by atoms with Crippen molar-refractivity contribution in [2.24, 2.45) is 11.7 Å². The molecule has 0 spiro atoms. The van der Waals surface area contributed by atoms with E-state index in [1.165, 1.54) is 5.56 Å². The van der Waals surface area contributed by atoms with Crippen LogP contribution in [0.1, 0.15) is 32.3 Å². The molecule has 0 aliphatic carbocycles. The first-order chi connectivity index (χ1) is 10.1. The van der Waals surface area contributed by atoms with E-state index in [1.54, 1.807) is 0 Å². The van der Waals surface area contributed by atoms with Crippen molar-refractivity contribution in [2.75, 3.05) is 13.1 Å². The third-order valence-corrected chi connectivity index (χ3v) is 4.41. The summed E-state index contributed by atoms with van der Waals surface area (Å²) >= 11 is 0. The Morgan fingerprint density at radius 3 is 2.81 bits per heavy atom. The second-order valence-corrected chi connectivity index (χ2v) is 6.08. The maximum Gasteiger partial charge on any atom is 0.237 e. The average molecular weight is 289 g/mol. The number of hydrogen-bond donors (Lipinski definition) is 2. The van der Waals surface area contributed by atoms with E-state index < -0.39 is 0 Å². The van der Waals surface area contributed by atoms with Crippen LogP contribution in [-0.4, -0.2) is 36.0 Å². The molecule has 1 saturated heterocycles. The van der Waals surface area contributed by atoms with Gasteiger partial charge in [0.2, 0.25) is 5.91 Å². The summed E-state index contributed by atoms with van der Waals surface area (Å²) in [5.74, 6) is 0.494. The maximum atomic E-state index is 11.9. The summed E-state index contributed by atoms with van der Waals surface area (Å²) in [6.45, 7) is 7.16. The van der Waals surface area contributed by atoms with Crippen molar-refractivity contribution in [3.63, 3.8) is 0 Å². The lowest BCUT2D eigenvalue weighted by Gasteiger charge is -2.23. The van der Waals surface area contributed by atoms with E-state index in [1.807, 2.05) is 13.0 Å². The van der Waals surface area contributed by atoms with Gasteiger partial charge < -0.3 is 11.1 Å². The highest BCUT2D eigenvalue weighted by Gasteiger charge is 2.28. The van der Waals surface area contributed by atoms with Gasteiger partial charge in [0.15, 0.2) is 0 Å². The van der Waals surface area contributed by atoms with Gasteiger partial charge in [-0.25, -0.2) is 0 Å². The lowest BCUT2D eigenvalue weighted by Crippen LogP contribution is -2.47. The van der Waals surface area contributed by atoms with Crippen molar-refractivity contribution in [3.05, 3.63) is 35.9 Å². The van der Waals surface area contributed by atoms with Gasteiger partial charge in [0.25, 0.3) is 0 Å². The summed E-state index contributed by atoms with van der Waals surface area (Å²) in [6, 6.07) is 10.4. The smallest absolute Gasteiger partial charge is 0.237 e. The van der Waals surface area contributed by atoms with Crippen molar-refractivity contribution in [2.45, 2.75) is 45.3 Å². The number of nitrogens with two attached hydrogens (primary N) is 1. The first kappa shape index (κ1) is 16.0. The van der Waals surface area contributed by atoms with Crippen LogP contribution in [0.4, 0.5) is 0 Å². The fraction of sp³-hybridized carbons (Fsp3) is 0.588. The number of hydrogen-bond acceptors (Lipinski definition) is 3. The highest BCUT2D eigenvalue weighted by Crippen LogP contribution is 2.21. The lowest BCUT2D eigenvalue weighted by atomic mass is 10.00. The molecule has 21 heavy (non-hydrogen) atoms. The van der Waals surface area contributed by atoms with Gasteiger partial charge in [-0.15, -0.1) is 0 Å². The molecule has 1 aliphatic heterocycles. The molecule has 0 saturated carbocycles. The predicted molar refractivity (Wildman–Crippen MR) is 85.7 cm³/mol. The Morgan fingerprint density at radius 2 is 2.14 bits per heavy atom. The van der Waals surface area contributed by atoms with Crippen LogP contribution in [0.3, 0.4) is 0 Å². The van der Waals surface area contributed by atoms with Crippen molar-refractivity contribution in [3.8, 4) is 0 Å². The molecule has 1 fully saturated rings. The van der Waals surface area contributed by atoms with Crippen molar-refractivity contribution in [1.29, 1.82) is 0 Å². The van der Waals surface area contributed by atoms with E-state index in [0.717, 1.165) is 26.1 Å². The van der Waals surface area contributed by atoms with Crippen LogP contribution in [0.5, 0.6) is 0 Å². The minimum atomic E-state index is -0.380. The molecule has 116 valence electrons. The molecule has 3 atom stereocenters. The number of amides is 1. The first-order valence-corrected chi connectivity index (χ1v) is 7.92. The predicted octanol–water partition coefficient (Wildman–Crippen LogP) is 1.75. The molecular weight excluding hydrogens is 262 g/mol. The summed E-state index contributed by atoms with van der Waals surface area (Å²) in [5, 5.41) is 3.07. The fourth-order valence-electron chi connectivity index (χ4n) is 2.89. The van der Waals surface area contributed by atoms with E-state index in [2.05, 4.69) is 41.4 Å². The third-order valence-electron chi connectivity index (χ3n) is 4.41. The van der Waals surface area contributed by atoms with Gasteiger partial charge in [0.05, 0.1) is 6.04 Å². The van der Waals surface area contributed by atoms with Gasteiger partial charge in [-0.2, -0.15) is 0 Å². The van der Waals surface area contributed by atoms with Gasteiger partial charge >= 0.3 is 0 Å². The largest absolute Gasteiger partial charge is 0.352 e. The van der Waals surface area contributed by atoms with Crippen molar-refractivity contribution >= 4 is 5.91 Å². The van der Waals surface area contributed by atoms with E-state index in [4.69, 9.17) is 5.73 Å². The number of nitrogens with one attached hydrogen (secondary N) is 1. The Bertz CT molecular complexity index is 449. The molecule has 0 radical (unpaired) electrons. The normalized spacial score (nSPS) is 22.0. The van der Waals surface area contributed by atoms with Crippen LogP contribution < -0.4 is 11.1 Å². The monoisotopic (exact) mass is 289 g/mol. The van der Waals surface area contributed by atoms with Gasteiger partial charge in [0.1, 0.15) is 0 Å². The van der Waals surface area contributed by atoms with E-state index in [-0.39, 0.29) is 18.0 Å². The molecule has 2 unspecified atom stereocenters. The zero-order valence-electron chi connectivity index (χ0n) is 13.1. The zero-order chi connectivity index (χ0) is 15.2. The molecule has 1 heterocycles. The molecule has 1 aliphatic rings. The molecule has 1 aromatic rings. The number of likely N-dealkylation sites (tertiary alicyclic amines) is 1. The topological polar surface area (TPSA) is 58.4 Å². The van der Waals surface area contributed by atoms with Crippen LogP contribution in [-0.2, 0) is 11.3 Å². The summed E-state index contributed by atoms with van der Waals surface area (Å²) in [7, 11) is 0. The van der Waals surface area contributed by atoms with E-state index >= 15 is 0 Å². The molecule has 1 amide bonds. The minimum Gasteiger partial charge on any atom is -0.352 e. The Hall–Kier alpha value is -1.39. The number of rotatable bonds is 6. The van der Waals surface area contributed by atoms with Crippen LogP contribution in [0, 0.1) is 5.92 Å². The average Bonchev–Trinajstić information content (AvgIpc) is 2.96. The second-order valence-electron chi connectivity index (χ2n) is 6.08. The fourth-order valence-corrected chi connectivity index (χ4v) is 2.89. The summed E-state index contributed by atoms with van der Waals surface area (Å²) in [4.78, 5) is 14.3. The molecule has 0 bridgehead atoms. The Labute approximate surface area is 127 Å². The number of carbonyl (C=O) groups is 1. The summed E-state index contributed by atoms with van der Waals surface area (Å²) in [6.07, 6.45) is 1.82. The molecule has 4 nitrogen and oxygen atoms in total. The number of benzene rings is 1. The third kappa shape index (κ3) is 4.55. The molecule has 1 aromatic carbocycles. The highest BCUT2D eigenvalue weighted by atomic mass is 16.2. The second kappa shape index (κ2) is 7.57. The van der Waals surface area contributed by atoms with Gasteiger partial charge in [-0.05, 0) is 37.8 Å². The van der Waals surface area contributed by atoms with E-state index in [9.17, 15) is 4.79 Å². The lowest BCUT2D eigenvalue weighted by molar-refractivity contribution is -0.123. The summed E-state index contributed by atoms with van der Waals surface area (Å²) in [5.41, 5.74) is 7.12. The maximum absolute atomic E-state index is 11.9. The van der Waals surface area contributed by atoms with Crippen LogP contribution >= 0.6 is 0 Å². The Balaban J connectivity index is 1.80. The molecule has 0 aromatic heterocycles. The van der Waals surface area contributed by atoms with Crippen LogP contribution in [0.25, 0.3) is 0 Å². The standard InChI is InChI=1S/C17H27N3O/c1-3-16(18)17(21)19-13(2)15-9-10-20(12-15)11-14-7-5-4-6-8-14/h4-8,13,15-16H,3,9-12,18H2,1-2H3,(H,19,21)/t13?,15?,16-/m0/s1. The van der Waals surface area contributed by atoms with Gasteiger partial charge in [0, 0.05) is 19.1 Å². The van der Waals surface area contributed by atoms with E-state index in [0.29, 0.717) is 12.3 Å². The zero-order valence-corrected chi connectivity index (χ0v) is 13.1. The number of carbonyl (C=O) groups excluding carboxylic acids is 1. The minimum absolute atomic E-state index is 0.0218. The van der Waals surface area contributed by atoms with Gasteiger partial charge in [-0.3, -0.25) is 9.69 Å². The highest BCUT2D eigenvalue weighted by molar-refractivity contribution is 5.81. The van der Waals surface area contributed by atoms with Crippen LogP contribution in [0.15, 0.2) is 30.3 Å². The Morgan fingerprint density at radius 1 is 1.43 bits per heavy atom. The quantitative estimate of drug-likeness (QED) is 0.839. The SMILES string of the molecule is CC[C@H](N)C(=O)NC(C)C1CCN(Cc2ccccc2)C1. The summed E-state index contributed by atoms with van der Waals surface area (Å²) < 4.78 is 0. The Kier molecular flexibility index (Phi) is 5.76. The van der Waals surface area contributed by atoms with Crippen molar-refractivity contribution < 1.29 is 4.79 Å². The molecule has 4 heteroatoms. The van der Waals surface area contributed by atoms with Gasteiger partial charge in [-0.1, -0.05) is 37.3 Å². The number of nitrogens with zero attached hydrogens (tertiary/aromatic N) is 1. The molecular formula is C17H27N3O. The first-order valence-electron chi connectivity index (χ1n) is 7.92. The molecule has 2 rings (SSSR count). The molecule has 3 N–H and O–H groups in total. The van der Waals surface area contributed by atoms with Crippen LogP contribution in [0.2, 0.25) is 0 Å².